The third-order valence-electron chi connectivity index (χ3n) is 4.67. The Labute approximate surface area is 127 Å². The highest BCUT2D eigenvalue weighted by molar-refractivity contribution is 5.82. The van der Waals surface area contributed by atoms with Crippen LogP contribution in [-0.4, -0.2) is 24.5 Å². The minimum Gasteiger partial charge on any atom is -0.459 e. The standard InChI is InChI=1S/C18H26N2O/c1-14-8-4-3-7-11-20(14)13-16-15-9-5-6-10-17(15)21-18(16)12-19-2/h5-6,9-10,14,19H,3-4,7-8,11-13H2,1-2H3. The topological polar surface area (TPSA) is 28.4 Å². The Morgan fingerprint density at radius 1 is 1.24 bits per heavy atom. The van der Waals surface area contributed by atoms with E-state index in [-0.39, 0.29) is 0 Å². The minimum absolute atomic E-state index is 0.670. The van der Waals surface area contributed by atoms with E-state index >= 15 is 0 Å². The van der Waals surface area contributed by atoms with Gasteiger partial charge >= 0.3 is 0 Å². The van der Waals surface area contributed by atoms with Crippen molar-refractivity contribution >= 4 is 11.0 Å². The summed E-state index contributed by atoms with van der Waals surface area (Å²) in [5.74, 6) is 1.09. The SMILES string of the molecule is CNCc1oc2ccccc2c1CN1CCCCCC1C. The molecule has 0 radical (unpaired) electrons. The first-order valence-electron chi connectivity index (χ1n) is 8.17. The van der Waals surface area contributed by atoms with Crippen LogP contribution in [0.4, 0.5) is 0 Å². The van der Waals surface area contributed by atoms with Crippen LogP contribution in [0.15, 0.2) is 28.7 Å². The molecule has 0 spiro atoms. The lowest BCUT2D eigenvalue weighted by Crippen LogP contribution is -2.32. The van der Waals surface area contributed by atoms with Crippen molar-refractivity contribution in [1.29, 1.82) is 0 Å². The zero-order valence-electron chi connectivity index (χ0n) is 13.2. The van der Waals surface area contributed by atoms with Gasteiger partial charge in [-0.05, 0) is 39.4 Å². The number of rotatable bonds is 4. The molecule has 2 heterocycles. The molecule has 0 bridgehead atoms. The lowest BCUT2D eigenvalue weighted by atomic mass is 10.1. The highest BCUT2D eigenvalue weighted by atomic mass is 16.3. The van der Waals surface area contributed by atoms with Gasteiger partial charge in [0, 0.05) is 23.5 Å². The maximum absolute atomic E-state index is 6.06. The third kappa shape index (κ3) is 3.14. The van der Waals surface area contributed by atoms with Gasteiger partial charge < -0.3 is 9.73 Å². The van der Waals surface area contributed by atoms with E-state index in [1.54, 1.807) is 0 Å². The molecule has 1 unspecified atom stereocenters. The van der Waals surface area contributed by atoms with Gasteiger partial charge in [-0.3, -0.25) is 4.90 Å². The molecule has 1 atom stereocenters. The van der Waals surface area contributed by atoms with Gasteiger partial charge in [0.15, 0.2) is 0 Å². The number of likely N-dealkylation sites (tertiary alicyclic amines) is 1. The average molecular weight is 286 g/mol. The Bertz CT molecular complexity index is 590. The van der Waals surface area contributed by atoms with E-state index in [2.05, 4.69) is 35.3 Å². The first-order chi connectivity index (χ1) is 10.3. The summed E-state index contributed by atoms with van der Waals surface area (Å²) in [6, 6.07) is 9.09. The van der Waals surface area contributed by atoms with E-state index in [9.17, 15) is 0 Å². The molecule has 1 aromatic carbocycles. The van der Waals surface area contributed by atoms with Crippen molar-refractivity contribution in [2.75, 3.05) is 13.6 Å². The van der Waals surface area contributed by atoms with Crippen molar-refractivity contribution in [2.24, 2.45) is 0 Å². The molecule has 1 fully saturated rings. The fourth-order valence-corrected chi connectivity index (χ4v) is 3.40. The molecule has 2 aromatic rings. The summed E-state index contributed by atoms with van der Waals surface area (Å²) in [5, 5.41) is 4.51. The van der Waals surface area contributed by atoms with Crippen LogP contribution in [0.5, 0.6) is 0 Å². The van der Waals surface area contributed by atoms with Gasteiger partial charge in [0.25, 0.3) is 0 Å². The van der Waals surface area contributed by atoms with Crippen LogP contribution < -0.4 is 5.32 Å². The Morgan fingerprint density at radius 2 is 2.10 bits per heavy atom. The van der Waals surface area contributed by atoms with E-state index in [0.29, 0.717) is 6.04 Å². The number of benzene rings is 1. The molecule has 0 amide bonds. The van der Waals surface area contributed by atoms with Crippen molar-refractivity contribution in [3.8, 4) is 0 Å². The van der Waals surface area contributed by atoms with Gasteiger partial charge in [0.2, 0.25) is 0 Å². The normalized spacial score (nSPS) is 20.8. The Hall–Kier alpha value is -1.32. The first kappa shape index (κ1) is 14.6. The molecular weight excluding hydrogens is 260 g/mol. The Kier molecular flexibility index (Phi) is 4.61. The largest absolute Gasteiger partial charge is 0.459 e. The summed E-state index contributed by atoms with van der Waals surface area (Å²) < 4.78 is 6.06. The molecule has 3 rings (SSSR count). The van der Waals surface area contributed by atoms with E-state index in [1.807, 2.05) is 13.1 Å². The number of hydrogen-bond donors (Lipinski definition) is 1. The van der Waals surface area contributed by atoms with E-state index in [4.69, 9.17) is 4.42 Å². The van der Waals surface area contributed by atoms with Gasteiger partial charge in [-0.2, -0.15) is 0 Å². The maximum Gasteiger partial charge on any atom is 0.134 e. The second-order valence-corrected chi connectivity index (χ2v) is 6.20. The molecule has 3 heteroatoms. The minimum atomic E-state index is 0.670. The van der Waals surface area contributed by atoms with Crippen LogP contribution in [0.25, 0.3) is 11.0 Å². The van der Waals surface area contributed by atoms with Crippen LogP contribution in [0.2, 0.25) is 0 Å². The van der Waals surface area contributed by atoms with E-state index in [1.165, 1.54) is 43.2 Å². The fraction of sp³-hybridized carbons (Fsp3) is 0.556. The Balaban J connectivity index is 1.92. The van der Waals surface area contributed by atoms with Gasteiger partial charge in [-0.25, -0.2) is 0 Å². The average Bonchev–Trinajstić information content (AvgIpc) is 2.69. The molecule has 3 nitrogen and oxygen atoms in total. The van der Waals surface area contributed by atoms with Crippen molar-refractivity contribution < 1.29 is 4.42 Å². The number of nitrogens with zero attached hydrogens (tertiary/aromatic N) is 1. The quantitative estimate of drug-likeness (QED) is 0.923. The van der Waals surface area contributed by atoms with Crippen LogP contribution in [0.1, 0.15) is 43.9 Å². The molecule has 1 aromatic heterocycles. The summed E-state index contributed by atoms with van der Waals surface area (Å²) >= 11 is 0. The molecule has 1 N–H and O–H groups in total. The molecular formula is C18H26N2O. The maximum atomic E-state index is 6.06. The monoisotopic (exact) mass is 286 g/mol. The lowest BCUT2D eigenvalue weighted by Gasteiger charge is -2.27. The van der Waals surface area contributed by atoms with Gasteiger partial charge in [-0.15, -0.1) is 0 Å². The third-order valence-corrected chi connectivity index (χ3v) is 4.67. The smallest absolute Gasteiger partial charge is 0.134 e. The second-order valence-electron chi connectivity index (χ2n) is 6.20. The van der Waals surface area contributed by atoms with Crippen molar-refractivity contribution in [3.63, 3.8) is 0 Å². The molecule has 1 aliphatic heterocycles. The van der Waals surface area contributed by atoms with Crippen LogP contribution in [0.3, 0.4) is 0 Å². The lowest BCUT2D eigenvalue weighted by molar-refractivity contribution is 0.204. The zero-order chi connectivity index (χ0) is 14.7. The van der Waals surface area contributed by atoms with Crippen LogP contribution in [0, 0.1) is 0 Å². The molecule has 114 valence electrons. The van der Waals surface area contributed by atoms with Crippen molar-refractivity contribution in [1.82, 2.24) is 10.2 Å². The number of para-hydroxylation sites is 1. The molecule has 0 aliphatic carbocycles. The summed E-state index contributed by atoms with van der Waals surface area (Å²) in [6.07, 6.45) is 5.38. The number of nitrogens with one attached hydrogen (secondary N) is 1. The number of fused-ring (bicyclic) bond motifs is 1. The summed E-state index contributed by atoms with van der Waals surface area (Å²) in [4.78, 5) is 2.63. The van der Waals surface area contributed by atoms with Gasteiger partial charge in [0.05, 0.1) is 6.54 Å². The molecule has 1 saturated heterocycles. The summed E-state index contributed by atoms with van der Waals surface area (Å²) in [7, 11) is 1.98. The predicted molar refractivity (Wildman–Crippen MR) is 87.3 cm³/mol. The number of hydrogen-bond acceptors (Lipinski definition) is 3. The first-order valence-corrected chi connectivity index (χ1v) is 8.17. The van der Waals surface area contributed by atoms with Gasteiger partial charge in [-0.1, -0.05) is 31.0 Å². The second kappa shape index (κ2) is 6.63. The highest BCUT2D eigenvalue weighted by Crippen LogP contribution is 2.29. The van der Waals surface area contributed by atoms with E-state index < -0.39 is 0 Å². The number of furan rings is 1. The molecule has 1 aliphatic rings. The van der Waals surface area contributed by atoms with Crippen LogP contribution >= 0.6 is 0 Å². The summed E-state index contributed by atoms with van der Waals surface area (Å²) in [5.41, 5.74) is 2.38. The zero-order valence-corrected chi connectivity index (χ0v) is 13.2. The van der Waals surface area contributed by atoms with Crippen LogP contribution in [-0.2, 0) is 13.1 Å². The fourth-order valence-electron chi connectivity index (χ4n) is 3.40. The van der Waals surface area contributed by atoms with Gasteiger partial charge in [0.1, 0.15) is 11.3 Å². The molecule has 21 heavy (non-hydrogen) atoms. The predicted octanol–water partition coefficient (Wildman–Crippen LogP) is 3.92. The van der Waals surface area contributed by atoms with Crippen molar-refractivity contribution in [2.45, 2.75) is 51.7 Å². The summed E-state index contributed by atoms with van der Waals surface area (Å²) in [6.45, 7) is 5.38. The highest BCUT2D eigenvalue weighted by Gasteiger charge is 2.21. The Morgan fingerprint density at radius 3 is 2.95 bits per heavy atom. The molecule has 0 saturated carbocycles. The van der Waals surface area contributed by atoms with Crippen molar-refractivity contribution in [3.05, 3.63) is 35.6 Å². The van der Waals surface area contributed by atoms with E-state index in [0.717, 1.165) is 24.4 Å².